The maximum atomic E-state index is 6.01. The Kier molecular flexibility index (Phi) is 1.26. The van der Waals surface area contributed by atoms with Crippen molar-refractivity contribution in [2.45, 2.75) is 38.4 Å². The molecule has 1 aromatic carbocycles. The molecule has 2 atom stereocenters. The van der Waals surface area contributed by atoms with Crippen molar-refractivity contribution < 1.29 is 4.74 Å². The van der Waals surface area contributed by atoms with E-state index in [9.17, 15) is 0 Å². The molecule has 0 radical (unpaired) electrons. The average molecular weight is 174 g/mol. The largest absolute Gasteiger partial charge is 0.363 e. The van der Waals surface area contributed by atoms with Gasteiger partial charge in [0.05, 0.1) is 11.7 Å². The molecular formula is C12H14O. The van der Waals surface area contributed by atoms with Gasteiger partial charge in [-0.2, -0.15) is 0 Å². The van der Waals surface area contributed by atoms with Gasteiger partial charge in [-0.05, 0) is 43.4 Å². The fraction of sp³-hybridized carbons (Fsp3) is 0.500. The van der Waals surface area contributed by atoms with Crippen LogP contribution in [-0.4, -0.2) is 0 Å². The summed E-state index contributed by atoms with van der Waals surface area (Å²) in [5, 5.41) is 0. The minimum atomic E-state index is 0.0337. The Bertz CT molecular complexity index is 369. The molecule has 0 saturated carbocycles. The van der Waals surface area contributed by atoms with Crippen molar-refractivity contribution in [2.24, 2.45) is 0 Å². The third-order valence-corrected chi connectivity index (χ3v) is 3.50. The summed E-state index contributed by atoms with van der Waals surface area (Å²) in [6, 6.07) is 6.55. The summed E-state index contributed by atoms with van der Waals surface area (Å²) >= 11 is 0. The van der Waals surface area contributed by atoms with Crippen molar-refractivity contribution in [1.82, 2.24) is 0 Å². The smallest absolute Gasteiger partial charge is 0.0916 e. The molecule has 68 valence electrons. The first-order valence-electron chi connectivity index (χ1n) is 4.98. The number of hydrogen-bond acceptors (Lipinski definition) is 1. The fourth-order valence-corrected chi connectivity index (χ4v) is 2.81. The van der Waals surface area contributed by atoms with Gasteiger partial charge >= 0.3 is 0 Å². The van der Waals surface area contributed by atoms with Crippen molar-refractivity contribution >= 4 is 0 Å². The molecule has 3 rings (SSSR count). The SMILES string of the molecule is Cc1cccc2c1[C@H]1CC[C@]2(C)O1. The standard InChI is InChI=1S/C12H14O/c1-8-4-3-5-9-11(8)10-6-7-12(9,2)13-10/h3-5,10H,6-7H2,1-2H3/t10-,12+/m1/s1. The molecule has 1 aromatic rings. The van der Waals surface area contributed by atoms with Gasteiger partial charge in [0.15, 0.2) is 0 Å². The van der Waals surface area contributed by atoms with Crippen LogP contribution in [0.1, 0.15) is 42.6 Å². The molecule has 1 fully saturated rings. The summed E-state index contributed by atoms with van der Waals surface area (Å²) in [5.74, 6) is 0. The number of rotatable bonds is 0. The van der Waals surface area contributed by atoms with Gasteiger partial charge in [0, 0.05) is 0 Å². The highest BCUT2D eigenvalue weighted by Crippen LogP contribution is 2.55. The zero-order valence-electron chi connectivity index (χ0n) is 8.13. The monoisotopic (exact) mass is 174 g/mol. The number of aryl methyl sites for hydroxylation is 1. The Morgan fingerprint density at radius 3 is 3.08 bits per heavy atom. The molecule has 0 aromatic heterocycles. The second-order valence-electron chi connectivity index (χ2n) is 4.41. The molecule has 1 saturated heterocycles. The van der Waals surface area contributed by atoms with E-state index in [-0.39, 0.29) is 5.60 Å². The summed E-state index contributed by atoms with van der Waals surface area (Å²) in [7, 11) is 0. The van der Waals surface area contributed by atoms with Crippen molar-refractivity contribution in [3.8, 4) is 0 Å². The van der Waals surface area contributed by atoms with Crippen LogP contribution in [-0.2, 0) is 10.3 Å². The molecule has 0 unspecified atom stereocenters. The van der Waals surface area contributed by atoms with Gasteiger partial charge in [0.2, 0.25) is 0 Å². The molecule has 0 aliphatic carbocycles. The Balaban J connectivity index is 2.30. The van der Waals surface area contributed by atoms with E-state index in [0.717, 1.165) is 0 Å². The van der Waals surface area contributed by atoms with E-state index in [1.807, 2.05) is 0 Å². The highest BCUT2D eigenvalue weighted by molar-refractivity contribution is 5.44. The highest BCUT2D eigenvalue weighted by atomic mass is 16.5. The highest BCUT2D eigenvalue weighted by Gasteiger charge is 2.47. The van der Waals surface area contributed by atoms with E-state index in [2.05, 4.69) is 32.0 Å². The Morgan fingerprint density at radius 2 is 2.31 bits per heavy atom. The summed E-state index contributed by atoms with van der Waals surface area (Å²) in [4.78, 5) is 0. The van der Waals surface area contributed by atoms with E-state index >= 15 is 0 Å². The van der Waals surface area contributed by atoms with Crippen LogP contribution < -0.4 is 0 Å². The zero-order valence-corrected chi connectivity index (χ0v) is 8.13. The maximum Gasteiger partial charge on any atom is 0.0916 e. The van der Waals surface area contributed by atoms with E-state index in [4.69, 9.17) is 4.74 Å². The molecule has 0 N–H and O–H groups in total. The van der Waals surface area contributed by atoms with E-state index in [1.54, 1.807) is 0 Å². The minimum Gasteiger partial charge on any atom is -0.363 e. The van der Waals surface area contributed by atoms with Crippen molar-refractivity contribution in [1.29, 1.82) is 0 Å². The second kappa shape index (κ2) is 2.16. The van der Waals surface area contributed by atoms with Gasteiger partial charge in [0.1, 0.15) is 0 Å². The molecule has 1 nitrogen and oxygen atoms in total. The lowest BCUT2D eigenvalue weighted by Gasteiger charge is -2.21. The van der Waals surface area contributed by atoms with Crippen LogP contribution in [0.4, 0.5) is 0 Å². The predicted molar refractivity (Wildman–Crippen MR) is 51.6 cm³/mol. The first-order chi connectivity index (χ1) is 6.21. The van der Waals surface area contributed by atoms with Crippen LogP contribution >= 0.6 is 0 Å². The van der Waals surface area contributed by atoms with Gasteiger partial charge in [-0.1, -0.05) is 18.2 Å². The first kappa shape index (κ1) is 7.57. The summed E-state index contributed by atoms with van der Waals surface area (Å²) in [6.07, 6.45) is 2.78. The first-order valence-corrected chi connectivity index (χ1v) is 4.98. The predicted octanol–water partition coefficient (Wildman–Crippen LogP) is 3.08. The van der Waals surface area contributed by atoms with Crippen molar-refractivity contribution in [2.75, 3.05) is 0 Å². The van der Waals surface area contributed by atoms with Crippen molar-refractivity contribution in [3.05, 3.63) is 34.9 Å². The van der Waals surface area contributed by atoms with Gasteiger partial charge in [-0.25, -0.2) is 0 Å². The summed E-state index contributed by atoms with van der Waals surface area (Å²) < 4.78 is 6.01. The molecule has 2 aliphatic rings. The zero-order chi connectivity index (χ0) is 9.05. The Morgan fingerprint density at radius 1 is 1.46 bits per heavy atom. The number of ether oxygens (including phenoxy) is 1. The topological polar surface area (TPSA) is 9.23 Å². The van der Waals surface area contributed by atoms with Crippen LogP contribution in [0.5, 0.6) is 0 Å². The van der Waals surface area contributed by atoms with E-state index in [1.165, 1.54) is 29.5 Å². The van der Waals surface area contributed by atoms with Gasteiger partial charge < -0.3 is 4.74 Å². The molecule has 2 heterocycles. The molecule has 13 heavy (non-hydrogen) atoms. The minimum absolute atomic E-state index is 0.0337. The van der Waals surface area contributed by atoms with Crippen molar-refractivity contribution in [3.63, 3.8) is 0 Å². The summed E-state index contributed by atoms with van der Waals surface area (Å²) in [5.41, 5.74) is 4.33. The third kappa shape index (κ3) is 0.806. The molecule has 0 amide bonds. The van der Waals surface area contributed by atoms with E-state index in [0.29, 0.717) is 6.10 Å². The van der Waals surface area contributed by atoms with E-state index < -0.39 is 0 Å². The Labute approximate surface area is 78.7 Å². The average Bonchev–Trinajstić information content (AvgIpc) is 2.59. The summed E-state index contributed by atoms with van der Waals surface area (Å²) in [6.45, 7) is 4.41. The Hall–Kier alpha value is -0.820. The van der Waals surface area contributed by atoms with Gasteiger partial charge in [0.25, 0.3) is 0 Å². The second-order valence-corrected chi connectivity index (χ2v) is 4.41. The molecule has 0 spiro atoms. The molecule has 1 heteroatoms. The number of benzene rings is 1. The lowest BCUT2D eigenvalue weighted by atomic mass is 9.82. The quantitative estimate of drug-likeness (QED) is 0.587. The molecular weight excluding hydrogens is 160 g/mol. The maximum absolute atomic E-state index is 6.01. The van der Waals surface area contributed by atoms with Crippen LogP contribution in [0.15, 0.2) is 18.2 Å². The number of hydrogen-bond donors (Lipinski definition) is 0. The van der Waals surface area contributed by atoms with Crippen LogP contribution in [0.25, 0.3) is 0 Å². The molecule has 2 aliphatic heterocycles. The lowest BCUT2D eigenvalue weighted by molar-refractivity contribution is -0.00709. The van der Waals surface area contributed by atoms with Crippen LogP contribution in [0, 0.1) is 6.92 Å². The van der Waals surface area contributed by atoms with Crippen LogP contribution in [0.3, 0.4) is 0 Å². The van der Waals surface area contributed by atoms with Crippen LogP contribution in [0.2, 0.25) is 0 Å². The van der Waals surface area contributed by atoms with Gasteiger partial charge in [-0.3, -0.25) is 0 Å². The number of fused-ring (bicyclic) bond motifs is 5. The fourth-order valence-electron chi connectivity index (χ4n) is 2.81. The lowest BCUT2D eigenvalue weighted by Crippen LogP contribution is -2.17. The molecule has 2 bridgehead atoms. The third-order valence-electron chi connectivity index (χ3n) is 3.50. The van der Waals surface area contributed by atoms with Gasteiger partial charge in [-0.15, -0.1) is 0 Å². The normalized spacial score (nSPS) is 35.1.